The molecular formula is C19H16Cl2N2O3. The van der Waals surface area contributed by atoms with E-state index in [2.05, 4.69) is 5.10 Å². The van der Waals surface area contributed by atoms with Crippen LogP contribution in [0.1, 0.15) is 18.6 Å². The van der Waals surface area contributed by atoms with Crippen LogP contribution in [0.2, 0.25) is 10.0 Å². The summed E-state index contributed by atoms with van der Waals surface area (Å²) in [7, 11) is 0. The molecule has 1 unspecified atom stereocenters. The summed E-state index contributed by atoms with van der Waals surface area (Å²) in [5, 5.41) is 14.9. The Morgan fingerprint density at radius 3 is 2.50 bits per heavy atom. The first-order valence-electron chi connectivity index (χ1n) is 7.96. The normalized spacial score (nSPS) is 12.0. The number of rotatable bonds is 6. The molecule has 0 radical (unpaired) electrons. The molecule has 3 aromatic rings. The number of aryl methyl sites for hydroxylation is 1. The monoisotopic (exact) mass is 390 g/mol. The zero-order valence-corrected chi connectivity index (χ0v) is 15.4. The maximum Gasteiger partial charge on any atom is 0.349 e. The minimum absolute atomic E-state index is 0.409. The largest absolute Gasteiger partial charge is 0.478 e. The van der Waals surface area contributed by atoms with E-state index in [0.29, 0.717) is 33.5 Å². The van der Waals surface area contributed by atoms with Gasteiger partial charge in [-0.3, -0.25) is 4.68 Å². The predicted molar refractivity (Wildman–Crippen MR) is 101 cm³/mol. The molecule has 26 heavy (non-hydrogen) atoms. The third-order valence-electron chi connectivity index (χ3n) is 3.88. The van der Waals surface area contributed by atoms with Crippen LogP contribution in [0, 0.1) is 0 Å². The van der Waals surface area contributed by atoms with Crippen molar-refractivity contribution in [3.05, 3.63) is 70.3 Å². The van der Waals surface area contributed by atoms with Gasteiger partial charge >= 0.3 is 5.97 Å². The van der Waals surface area contributed by atoms with E-state index >= 15 is 0 Å². The van der Waals surface area contributed by atoms with Gasteiger partial charge in [0, 0.05) is 33.9 Å². The first-order chi connectivity index (χ1) is 12.5. The molecule has 0 aliphatic heterocycles. The van der Waals surface area contributed by atoms with Gasteiger partial charge in [-0.2, -0.15) is 5.10 Å². The molecule has 0 amide bonds. The number of carboxylic acids is 1. The minimum Gasteiger partial charge on any atom is -0.478 e. The fourth-order valence-electron chi connectivity index (χ4n) is 2.64. The molecule has 0 bridgehead atoms. The highest BCUT2D eigenvalue weighted by Gasteiger charge is 2.24. The Morgan fingerprint density at radius 1 is 1.15 bits per heavy atom. The van der Waals surface area contributed by atoms with Gasteiger partial charge in [0.2, 0.25) is 6.10 Å². The molecule has 7 heteroatoms. The number of aromatic nitrogens is 2. The van der Waals surface area contributed by atoms with Crippen molar-refractivity contribution in [2.24, 2.45) is 0 Å². The Balaban J connectivity index is 2.03. The first-order valence-corrected chi connectivity index (χ1v) is 8.72. The maximum absolute atomic E-state index is 11.8. The number of ether oxygens (including phenoxy) is 1. The molecule has 1 aromatic heterocycles. The topological polar surface area (TPSA) is 64.4 Å². The second-order valence-corrected chi connectivity index (χ2v) is 6.43. The number of nitrogens with zero attached hydrogens (tertiary/aromatic N) is 2. The average molecular weight is 391 g/mol. The van der Waals surface area contributed by atoms with Crippen LogP contribution < -0.4 is 4.74 Å². The highest BCUT2D eigenvalue weighted by atomic mass is 35.5. The van der Waals surface area contributed by atoms with Crippen LogP contribution >= 0.6 is 23.2 Å². The van der Waals surface area contributed by atoms with Crippen LogP contribution in [0.4, 0.5) is 0 Å². The van der Waals surface area contributed by atoms with Crippen molar-refractivity contribution in [3.63, 3.8) is 0 Å². The van der Waals surface area contributed by atoms with Gasteiger partial charge in [-0.25, -0.2) is 4.79 Å². The van der Waals surface area contributed by atoms with Gasteiger partial charge in [0.05, 0.1) is 5.69 Å². The lowest BCUT2D eigenvalue weighted by molar-refractivity contribution is -0.145. The average Bonchev–Trinajstić information content (AvgIpc) is 3.10. The molecule has 0 spiro atoms. The Labute approximate surface area is 160 Å². The summed E-state index contributed by atoms with van der Waals surface area (Å²) < 4.78 is 7.66. The Morgan fingerprint density at radius 2 is 1.85 bits per heavy atom. The Kier molecular flexibility index (Phi) is 5.49. The summed E-state index contributed by atoms with van der Waals surface area (Å²) in [6.45, 7) is 2.63. The van der Waals surface area contributed by atoms with E-state index in [-0.39, 0.29) is 0 Å². The van der Waals surface area contributed by atoms with Gasteiger partial charge in [0.1, 0.15) is 5.75 Å². The first kappa shape index (κ1) is 18.3. The third kappa shape index (κ3) is 3.84. The van der Waals surface area contributed by atoms with Gasteiger partial charge < -0.3 is 9.84 Å². The standard InChI is InChI=1S/C19H16Cl2N2O3/c1-2-23-16(9-10-22-23)15-11-14(21)7-8-17(15)26-18(19(24)25)12-3-5-13(20)6-4-12/h3-11,18H,2H2,1H3,(H,24,25). The molecule has 3 rings (SSSR count). The lowest BCUT2D eigenvalue weighted by Crippen LogP contribution is -2.18. The number of carboxylic acid groups (broad SMARTS) is 1. The van der Waals surface area contributed by atoms with Crippen molar-refractivity contribution in [3.8, 4) is 17.0 Å². The SMILES string of the molecule is CCn1nccc1-c1cc(Cl)ccc1OC(C(=O)O)c1ccc(Cl)cc1. The van der Waals surface area contributed by atoms with Crippen molar-refractivity contribution in [1.29, 1.82) is 0 Å². The molecule has 0 fully saturated rings. The highest BCUT2D eigenvalue weighted by molar-refractivity contribution is 6.31. The summed E-state index contributed by atoms with van der Waals surface area (Å²) in [6, 6.07) is 13.4. The van der Waals surface area contributed by atoms with Gasteiger partial charge in [-0.15, -0.1) is 0 Å². The number of benzene rings is 2. The number of carbonyl (C=O) groups is 1. The van der Waals surface area contributed by atoms with Crippen molar-refractivity contribution in [1.82, 2.24) is 9.78 Å². The van der Waals surface area contributed by atoms with E-state index in [0.717, 1.165) is 5.69 Å². The van der Waals surface area contributed by atoms with Crippen LogP contribution in [-0.2, 0) is 11.3 Å². The second-order valence-electron chi connectivity index (χ2n) is 5.56. The fraction of sp³-hybridized carbons (Fsp3) is 0.158. The number of aliphatic carboxylic acids is 1. The molecule has 1 atom stereocenters. The van der Waals surface area contributed by atoms with Crippen molar-refractivity contribution < 1.29 is 14.6 Å². The number of hydrogen-bond donors (Lipinski definition) is 1. The molecule has 0 saturated carbocycles. The van der Waals surface area contributed by atoms with E-state index in [1.165, 1.54) is 0 Å². The molecular weight excluding hydrogens is 375 g/mol. The summed E-state index contributed by atoms with van der Waals surface area (Å²) >= 11 is 12.0. The molecule has 134 valence electrons. The zero-order chi connectivity index (χ0) is 18.7. The van der Waals surface area contributed by atoms with Crippen molar-refractivity contribution >= 4 is 29.2 Å². The number of halogens is 2. The number of hydrogen-bond acceptors (Lipinski definition) is 3. The van der Waals surface area contributed by atoms with Crippen LogP contribution in [-0.4, -0.2) is 20.9 Å². The second kappa shape index (κ2) is 7.81. The summed E-state index contributed by atoms with van der Waals surface area (Å²) in [4.78, 5) is 11.8. The van der Waals surface area contributed by atoms with Gasteiger partial charge in [-0.05, 0) is 43.3 Å². The van der Waals surface area contributed by atoms with E-state index in [9.17, 15) is 9.90 Å². The molecule has 2 aromatic carbocycles. The highest BCUT2D eigenvalue weighted by Crippen LogP contribution is 2.35. The van der Waals surface area contributed by atoms with E-state index < -0.39 is 12.1 Å². The molecule has 1 N–H and O–H groups in total. The quantitative estimate of drug-likeness (QED) is 0.636. The third-order valence-corrected chi connectivity index (χ3v) is 4.36. The molecule has 5 nitrogen and oxygen atoms in total. The lowest BCUT2D eigenvalue weighted by atomic mass is 10.1. The van der Waals surface area contributed by atoms with Gasteiger partial charge in [-0.1, -0.05) is 35.3 Å². The zero-order valence-electron chi connectivity index (χ0n) is 13.9. The van der Waals surface area contributed by atoms with Crippen LogP contribution in [0.5, 0.6) is 5.75 Å². The van der Waals surface area contributed by atoms with Gasteiger partial charge in [0.15, 0.2) is 0 Å². The Bertz CT molecular complexity index is 923. The molecule has 0 saturated heterocycles. The maximum atomic E-state index is 11.8. The minimum atomic E-state index is -1.18. The van der Waals surface area contributed by atoms with E-state index in [4.69, 9.17) is 27.9 Å². The molecule has 0 aliphatic rings. The Hall–Kier alpha value is -2.50. The van der Waals surface area contributed by atoms with Crippen LogP contribution in [0.15, 0.2) is 54.7 Å². The summed E-state index contributed by atoms with van der Waals surface area (Å²) in [5.74, 6) is -0.691. The summed E-state index contributed by atoms with van der Waals surface area (Å²) in [5.41, 5.74) is 1.97. The van der Waals surface area contributed by atoms with E-state index in [1.807, 2.05) is 13.0 Å². The predicted octanol–water partition coefficient (Wildman–Crippen LogP) is 5.08. The van der Waals surface area contributed by atoms with Crippen LogP contribution in [0.25, 0.3) is 11.3 Å². The lowest BCUT2D eigenvalue weighted by Gasteiger charge is -2.19. The van der Waals surface area contributed by atoms with Gasteiger partial charge in [0.25, 0.3) is 0 Å². The smallest absolute Gasteiger partial charge is 0.349 e. The summed E-state index contributed by atoms with van der Waals surface area (Å²) in [6.07, 6.45) is 0.502. The molecule has 1 heterocycles. The fourth-order valence-corrected chi connectivity index (χ4v) is 2.94. The van der Waals surface area contributed by atoms with Crippen molar-refractivity contribution in [2.45, 2.75) is 19.6 Å². The van der Waals surface area contributed by atoms with Crippen LogP contribution in [0.3, 0.4) is 0 Å². The molecule has 0 aliphatic carbocycles. The van der Waals surface area contributed by atoms with E-state index in [1.54, 1.807) is 53.3 Å². The van der Waals surface area contributed by atoms with Crippen molar-refractivity contribution in [2.75, 3.05) is 0 Å².